The topological polar surface area (TPSA) is 56.1 Å². The van der Waals surface area contributed by atoms with Gasteiger partial charge in [0, 0.05) is 31.3 Å². The number of rotatable bonds is 6. The van der Waals surface area contributed by atoms with Crippen molar-refractivity contribution in [3.63, 3.8) is 0 Å². The first-order chi connectivity index (χ1) is 14.6. The lowest BCUT2D eigenvalue weighted by atomic mass is 10.0. The molecule has 1 aliphatic rings. The maximum atomic E-state index is 13.9. The van der Waals surface area contributed by atoms with Crippen LogP contribution in [0.25, 0.3) is 17.2 Å². The fourth-order valence-corrected chi connectivity index (χ4v) is 3.32. The zero-order valence-electron chi connectivity index (χ0n) is 16.2. The van der Waals surface area contributed by atoms with Gasteiger partial charge in [0.1, 0.15) is 17.7 Å². The highest BCUT2D eigenvalue weighted by atomic mass is 19.1. The van der Waals surface area contributed by atoms with Crippen molar-refractivity contribution >= 4 is 12.0 Å². The number of ether oxygens (including phenoxy) is 1. The second-order valence-electron chi connectivity index (χ2n) is 7.06. The third-order valence-corrected chi connectivity index (χ3v) is 4.87. The van der Waals surface area contributed by atoms with Crippen molar-refractivity contribution in [1.82, 2.24) is 14.9 Å². The van der Waals surface area contributed by atoms with Gasteiger partial charge >= 0.3 is 0 Å². The second-order valence-corrected chi connectivity index (χ2v) is 7.06. The van der Waals surface area contributed by atoms with Crippen molar-refractivity contribution in [1.29, 1.82) is 0 Å². The third-order valence-electron chi connectivity index (χ3n) is 4.87. The number of allylic oxidation sites excluding steroid dienone is 1. The molecule has 1 aliphatic heterocycles. The molecular weight excluding hydrogens is 388 g/mol. The van der Waals surface area contributed by atoms with Crippen LogP contribution in [0.1, 0.15) is 11.3 Å². The number of hydrogen-bond donors (Lipinski definition) is 1. The van der Waals surface area contributed by atoms with Crippen molar-refractivity contribution in [2.24, 2.45) is 0 Å². The maximum Gasteiger partial charge on any atom is 0.249 e. The maximum absolute atomic E-state index is 13.9. The summed E-state index contributed by atoms with van der Waals surface area (Å²) in [6.45, 7) is 1.68. The van der Waals surface area contributed by atoms with Crippen LogP contribution < -0.4 is 5.32 Å². The Hall–Kier alpha value is -3.32. The van der Waals surface area contributed by atoms with Gasteiger partial charge in [0.05, 0.1) is 18.6 Å². The molecule has 30 heavy (non-hydrogen) atoms. The Bertz CT molecular complexity index is 1060. The lowest BCUT2D eigenvalue weighted by molar-refractivity contribution is -0.137. The van der Waals surface area contributed by atoms with Gasteiger partial charge in [-0.2, -0.15) is 0 Å². The zero-order valence-corrected chi connectivity index (χ0v) is 16.2. The number of aromatic nitrogens is 2. The lowest BCUT2D eigenvalue weighted by Crippen LogP contribution is -2.45. The number of nitrogens with zero attached hydrogens (tertiary/aromatic N) is 2. The highest BCUT2D eigenvalue weighted by Crippen LogP contribution is 2.24. The number of carbonyl (C=O) groups excluding carboxylic acids is 1. The van der Waals surface area contributed by atoms with E-state index in [1.54, 1.807) is 18.5 Å². The van der Waals surface area contributed by atoms with Crippen LogP contribution >= 0.6 is 0 Å². The highest BCUT2D eigenvalue weighted by molar-refractivity contribution is 5.81. The minimum Gasteiger partial charge on any atom is -0.366 e. The van der Waals surface area contributed by atoms with Gasteiger partial charge < -0.3 is 14.6 Å². The molecule has 0 radical (unpaired) electrons. The Morgan fingerprint density at radius 3 is 2.83 bits per heavy atom. The van der Waals surface area contributed by atoms with E-state index >= 15 is 0 Å². The Morgan fingerprint density at radius 1 is 1.20 bits per heavy atom. The average Bonchev–Trinajstić information content (AvgIpc) is 3.19. The van der Waals surface area contributed by atoms with E-state index in [1.165, 1.54) is 6.07 Å². The molecule has 0 saturated carbocycles. The summed E-state index contributed by atoms with van der Waals surface area (Å²) in [6.07, 6.45) is 7.50. The molecule has 1 unspecified atom stereocenters. The van der Waals surface area contributed by atoms with E-state index in [9.17, 15) is 13.6 Å². The molecule has 2 aromatic carbocycles. The first kappa shape index (κ1) is 20.0. The molecule has 1 aromatic heterocycles. The molecule has 3 aromatic rings. The summed E-state index contributed by atoms with van der Waals surface area (Å²) in [5.74, 6) is -1.02. The Balaban J connectivity index is 1.35. The Morgan fingerprint density at radius 2 is 2.03 bits per heavy atom. The molecule has 1 atom stereocenters. The van der Waals surface area contributed by atoms with Crippen molar-refractivity contribution in [2.45, 2.75) is 19.1 Å². The number of amides is 1. The molecule has 1 fully saturated rings. The number of benzene rings is 2. The lowest BCUT2D eigenvalue weighted by Gasteiger charge is -2.21. The van der Waals surface area contributed by atoms with Gasteiger partial charge in [-0.3, -0.25) is 4.79 Å². The molecule has 1 amide bonds. The summed E-state index contributed by atoms with van der Waals surface area (Å²) in [4.78, 5) is 16.1. The van der Waals surface area contributed by atoms with Gasteiger partial charge in [0.2, 0.25) is 5.91 Å². The van der Waals surface area contributed by atoms with Crippen LogP contribution in [0, 0.1) is 11.6 Å². The van der Waals surface area contributed by atoms with Crippen LogP contribution in [0.4, 0.5) is 8.78 Å². The number of hydrogen-bond acceptors (Lipinski definition) is 3. The number of halogens is 2. The van der Waals surface area contributed by atoms with Gasteiger partial charge in [-0.15, -0.1) is 0 Å². The van der Waals surface area contributed by atoms with Gasteiger partial charge in [0.25, 0.3) is 0 Å². The van der Waals surface area contributed by atoms with Crippen molar-refractivity contribution in [3.05, 3.63) is 84.0 Å². The van der Waals surface area contributed by atoms with Gasteiger partial charge in [0.15, 0.2) is 0 Å². The molecule has 2 heterocycles. The first-order valence-corrected chi connectivity index (χ1v) is 9.70. The SMILES string of the molecule is O=C1NCCOC1Cc1cn(CC=Cc2ccc(-c3cc(F)ccc3F)cc2)cn1. The summed E-state index contributed by atoms with van der Waals surface area (Å²) in [6, 6.07) is 10.7. The van der Waals surface area contributed by atoms with Gasteiger partial charge in [-0.05, 0) is 29.3 Å². The predicted octanol–water partition coefficient (Wildman–Crippen LogP) is 3.60. The molecule has 1 N–H and O–H groups in total. The van der Waals surface area contributed by atoms with Crippen molar-refractivity contribution < 1.29 is 18.3 Å². The largest absolute Gasteiger partial charge is 0.366 e. The number of morpholine rings is 1. The fraction of sp³-hybridized carbons (Fsp3) is 0.217. The average molecular weight is 409 g/mol. The molecule has 0 spiro atoms. The van der Waals surface area contributed by atoms with E-state index in [0.717, 1.165) is 23.4 Å². The highest BCUT2D eigenvalue weighted by Gasteiger charge is 2.23. The zero-order chi connectivity index (χ0) is 20.9. The van der Waals surface area contributed by atoms with Gasteiger partial charge in [-0.25, -0.2) is 13.8 Å². The summed E-state index contributed by atoms with van der Waals surface area (Å²) >= 11 is 0. The molecule has 154 valence electrons. The molecule has 1 saturated heterocycles. The van der Waals surface area contributed by atoms with Crippen LogP contribution in [0.2, 0.25) is 0 Å². The molecule has 4 rings (SSSR count). The quantitative estimate of drug-likeness (QED) is 0.677. The van der Waals surface area contributed by atoms with E-state index in [0.29, 0.717) is 31.7 Å². The third kappa shape index (κ3) is 4.80. The molecule has 0 aliphatic carbocycles. The summed E-state index contributed by atoms with van der Waals surface area (Å²) < 4.78 is 34.7. The van der Waals surface area contributed by atoms with Crippen molar-refractivity contribution in [3.8, 4) is 11.1 Å². The van der Waals surface area contributed by atoms with E-state index in [1.807, 2.05) is 35.0 Å². The minimum atomic E-state index is -0.487. The van der Waals surface area contributed by atoms with E-state index in [4.69, 9.17) is 4.74 Å². The standard InChI is InChI=1S/C23H21F2N3O2/c24-18-7-8-21(25)20(12-18)17-5-3-16(4-6-17)2-1-10-28-14-19(27-15-28)13-22-23(29)26-9-11-30-22/h1-8,12,14-15,22H,9-11,13H2,(H,26,29). The fourth-order valence-electron chi connectivity index (χ4n) is 3.32. The van der Waals surface area contributed by atoms with Crippen molar-refractivity contribution in [2.75, 3.05) is 13.2 Å². The minimum absolute atomic E-state index is 0.0998. The molecular formula is C23H21F2N3O2. The number of carbonyl (C=O) groups is 1. The van der Waals surface area contributed by atoms with E-state index in [-0.39, 0.29) is 11.5 Å². The van der Waals surface area contributed by atoms with Crippen LogP contribution in [0.3, 0.4) is 0 Å². The summed E-state index contributed by atoms with van der Waals surface area (Å²) in [7, 11) is 0. The van der Waals surface area contributed by atoms with Crippen LogP contribution in [0.5, 0.6) is 0 Å². The van der Waals surface area contributed by atoms with E-state index < -0.39 is 17.7 Å². The number of imidazole rings is 1. The van der Waals surface area contributed by atoms with Crippen LogP contribution in [-0.2, 0) is 22.5 Å². The normalized spacial score (nSPS) is 16.7. The Kier molecular flexibility index (Phi) is 5.99. The second kappa shape index (κ2) is 9.00. The summed E-state index contributed by atoms with van der Waals surface area (Å²) in [5, 5.41) is 2.78. The van der Waals surface area contributed by atoms with Crippen LogP contribution in [-0.4, -0.2) is 34.7 Å². The summed E-state index contributed by atoms with van der Waals surface area (Å²) in [5.41, 5.74) is 2.61. The molecule has 5 nitrogen and oxygen atoms in total. The number of nitrogens with one attached hydrogen (secondary N) is 1. The smallest absolute Gasteiger partial charge is 0.249 e. The predicted molar refractivity (Wildman–Crippen MR) is 110 cm³/mol. The van der Waals surface area contributed by atoms with Crippen LogP contribution in [0.15, 0.2) is 61.1 Å². The monoisotopic (exact) mass is 409 g/mol. The van der Waals surface area contributed by atoms with Gasteiger partial charge in [-0.1, -0.05) is 36.4 Å². The first-order valence-electron chi connectivity index (χ1n) is 9.70. The van der Waals surface area contributed by atoms with E-state index in [2.05, 4.69) is 10.3 Å². The molecule has 7 heteroatoms. The molecule has 0 bridgehead atoms. The Labute approximate surface area is 173 Å².